The lowest BCUT2D eigenvalue weighted by atomic mass is 10.1. The molecule has 1 aromatic carbocycles. The van der Waals surface area contributed by atoms with Crippen LogP contribution in [0.1, 0.15) is 22.8 Å². The molecule has 0 unspecified atom stereocenters. The molecule has 0 saturated heterocycles. The van der Waals surface area contributed by atoms with Crippen LogP contribution in [0, 0.1) is 0 Å². The molecule has 1 heterocycles. The number of amides is 1. The highest BCUT2D eigenvalue weighted by molar-refractivity contribution is 6.04. The first-order valence-corrected chi connectivity index (χ1v) is 5.33. The zero-order valence-electron chi connectivity index (χ0n) is 9.16. The van der Waals surface area contributed by atoms with Gasteiger partial charge in [-0.1, -0.05) is 25.1 Å². The van der Waals surface area contributed by atoms with Gasteiger partial charge in [-0.05, 0) is 24.1 Å². The van der Waals surface area contributed by atoms with Crippen LogP contribution in [-0.2, 0) is 6.42 Å². The Labute approximate surface area is 94.5 Å². The SMILES string of the molecule is CCc1ccccc1NC(=O)c1cc[nH]c1. The van der Waals surface area contributed by atoms with Gasteiger partial charge in [-0.25, -0.2) is 0 Å². The van der Waals surface area contributed by atoms with E-state index in [1.807, 2.05) is 24.3 Å². The third kappa shape index (κ3) is 2.14. The molecule has 0 atom stereocenters. The van der Waals surface area contributed by atoms with Gasteiger partial charge in [-0.2, -0.15) is 0 Å². The molecule has 82 valence electrons. The Kier molecular flexibility index (Phi) is 3.05. The summed E-state index contributed by atoms with van der Waals surface area (Å²) in [5, 5.41) is 2.90. The van der Waals surface area contributed by atoms with Crippen molar-refractivity contribution in [3.8, 4) is 0 Å². The molecule has 0 aliphatic carbocycles. The van der Waals surface area contributed by atoms with Crippen molar-refractivity contribution in [2.45, 2.75) is 13.3 Å². The number of nitrogens with one attached hydrogen (secondary N) is 2. The number of anilines is 1. The van der Waals surface area contributed by atoms with E-state index in [2.05, 4.69) is 17.2 Å². The molecule has 1 amide bonds. The maximum absolute atomic E-state index is 11.8. The fourth-order valence-corrected chi connectivity index (χ4v) is 1.61. The van der Waals surface area contributed by atoms with Crippen LogP contribution >= 0.6 is 0 Å². The third-order valence-corrected chi connectivity index (χ3v) is 2.51. The third-order valence-electron chi connectivity index (χ3n) is 2.51. The number of rotatable bonds is 3. The monoisotopic (exact) mass is 214 g/mol. The topological polar surface area (TPSA) is 44.9 Å². The molecule has 2 N–H and O–H groups in total. The first-order chi connectivity index (χ1) is 7.81. The first-order valence-electron chi connectivity index (χ1n) is 5.33. The molecular formula is C13H14N2O. The number of carbonyl (C=O) groups is 1. The highest BCUT2D eigenvalue weighted by Gasteiger charge is 2.07. The van der Waals surface area contributed by atoms with Crippen LogP contribution in [0.5, 0.6) is 0 Å². The number of hydrogen-bond acceptors (Lipinski definition) is 1. The summed E-state index contributed by atoms with van der Waals surface area (Å²) in [6.45, 7) is 2.07. The van der Waals surface area contributed by atoms with Gasteiger partial charge in [0, 0.05) is 18.1 Å². The molecule has 0 fully saturated rings. The summed E-state index contributed by atoms with van der Waals surface area (Å²) in [6.07, 6.45) is 4.33. The summed E-state index contributed by atoms with van der Waals surface area (Å²) in [5.74, 6) is -0.0813. The minimum absolute atomic E-state index is 0.0813. The van der Waals surface area contributed by atoms with E-state index in [0.717, 1.165) is 17.7 Å². The molecule has 2 rings (SSSR count). The lowest BCUT2D eigenvalue weighted by Crippen LogP contribution is -2.12. The van der Waals surface area contributed by atoms with Gasteiger partial charge in [0.05, 0.1) is 5.56 Å². The average Bonchev–Trinajstić information content (AvgIpc) is 2.83. The van der Waals surface area contributed by atoms with Gasteiger partial charge >= 0.3 is 0 Å². The summed E-state index contributed by atoms with van der Waals surface area (Å²) in [7, 11) is 0. The predicted molar refractivity (Wildman–Crippen MR) is 64.6 cm³/mol. The molecule has 0 radical (unpaired) electrons. The fraction of sp³-hybridized carbons (Fsp3) is 0.154. The van der Waals surface area contributed by atoms with Crippen molar-refractivity contribution < 1.29 is 4.79 Å². The molecule has 0 saturated carbocycles. The quantitative estimate of drug-likeness (QED) is 0.810. The van der Waals surface area contributed by atoms with Gasteiger partial charge in [0.25, 0.3) is 5.91 Å². The van der Waals surface area contributed by atoms with E-state index in [0.29, 0.717) is 5.56 Å². The van der Waals surface area contributed by atoms with Crippen molar-refractivity contribution in [2.75, 3.05) is 5.32 Å². The summed E-state index contributed by atoms with van der Waals surface area (Å²) in [6, 6.07) is 9.59. The van der Waals surface area contributed by atoms with Crippen LogP contribution in [-0.4, -0.2) is 10.9 Å². The molecule has 0 aliphatic heterocycles. The number of para-hydroxylation sites is 1. The Bertz CT molecular complexity index is 474. The molecule has 16 heavy (non-hydrogen) atoms. The number of carbonyl (C=O) groups excluding carboxylic acids is 1. The van der Waals surface area contributed by atoms with Crippen LogP contribution in [0.25, 0.3) is 0 Å². The lowest BCUT2D eigenvalue weighted by Gasteiger charge is -2.08. The van der Waals surface area contributed by atoms with Crippen molar-refractivity contribution in [3.63, 3.8) is 0 Å². The Balaban J connectivity index is 2.18. The van der Waals surface area contributed by atoms with Crippen molar-refractivity contribution in [1.29, 1.82) is 0 Å². The number of benzene rings is 1. The predicted octanol–water partition coefficient (Wildman–Crippen LogP) is 2.83. The zero-order valence-corrected chi connectivity index (χ0v) is 9.16. The number of hydrogen-bond donors (Lipinski definition) is 2. The molecule has 1 aromatic heterocycles. The number of H-pyrrole nitrogens is 1. The maximum atomic E-state index is 11.8. The molecule has 0 aliphatic rings. The molecule has 3 nitrogen and oxygen atoms in total. The van der Waals surface area contributed by atoms with Crippen LogP contribution < -0.4 is 5.32 Å². The van der Waals surface area contributed by atoms with Crippen LogP contribution in [0.15, 0.2) is 42.7 Å². The lowest BCUT2D eigenvalue weighted by molar-refractivity contribution is 0.102. The molecule has 3 heteroatoms. The van der Waals surface area contributed by atoms with Crippen LogP contribution in [0.4, 0.5) is 5.69 Å². The smallest absolute Gasteiger partial charge is 0.257 e. The second kappa shape index (κ2) is 4.66. The van der Waals surface area contributed by atoms with Gasteiger partial charge in [0.15, 0.2) is 0 Å². The van der Waals surface area contributed by atoms with Gasteiger partial charge in [-0.15, -0.1) is 0 Å². The van der Waals surface area contributed by atoms with E-state index >= 15 is 0 Å². The van der Waals surface area contributed by atoms with E-state index in [9.17, 15) is 4.79 Å². The molecular weight excluding hydrogens is 200 g/mol. The van der Waals surface area contributed by atoms with Crippen molar-refractivity contribution in [3.05, 3.63) is 53.9 Å². The highest BCUT2D eigenvalue weighted by Crippen LogP contribution is 2.16. The minimum Gasteiger partial charge on any atom is -0.367 e. The van der Waals surface area contributed by atoms with E-state index in [4.69, 9.17) is 0 Å². The highest BCUT2D eigenvalue weighted by atomic mass is 16.1. The van der Waals surface area contributed by atoms with E-state index in [1.165, 1.54) is 0 Å². The van der Waals surface area contributed by atoms with Gasteiger partial charge in [-0.3, -0.25) is 4.79 Å². The largest absolute Gasteiger partial charge is 0.367 e. The number of aromatic amines is 1. The van der Waals surface area contributed by atoms with E-state index < -0.39 is 0 Å². The zero-order chi connectivity index (χ0) is 11.4. The summed E-state index contributed by atoms with van der Waals surface area (Å²) in [4.78, 5) is 14.7. The second-order valence-corrected chi connectivity index (χ2v) is 3.56. The van der Waals surface area contributed by atoms with Crippen LogP contribution in [0.3, 0.4) is 0 Å². The first kappa shape index (κ1) is 10.5. The van der Waals surface area contributed by atoms with Crippen molar-refractivity contribution in [1.82, 2.24) is 4.98 Å². The van der Waals surface area contributed by atoms with Crippen molar-refractivity contribution >= 4 is 11.6 Å². The van der Waals surface area contributed by atoms with Crippen molar-refractivity contribution in [2.24, 2.45) is 0 Å². The van der Waals surface area contributed by atoms with Gasteiger partial charge < -0.3 is 10.3 Å². The minimum atomic E-state index is -0.0813. The number of aryl methyl sites for hydroxylation is 1. The standard InChI is InChI=1S/C13H14N2O/c1-2-10-5-3-4-6-12(10)15-13(16)11-7-8-14-9-11/h3-9,14H,2H2,1H3,(H,15,16). The van der Waals surface area contributed by atoms with E-state index in [-0.39, 0.29) is 5.91 Å². The second-order valence-electron chi connectivity index (χ2n) is 3.56. The maximum Gasteiger partial charge on any atom is 0.257 e. The molecule has 0 bridgehead atoms. The average molecular weight is 214 g/mol. The summed E-state index contributed by atoms with van der Waals surface area (Å²) >= 11 is 0. The summed E-state index contributed by atoms with van der Waals surface area (Å²) in [5.41, 5.74) is 2.67. The number of aromatic nitrogens is 1. The van der Waals surface area contributed by atoms with Gasteiger partial charge in [0.1, 0.15) is 0 Å². The Hall–Kier alpha value is -2.03. The normalized spacial score (nSPS) is 10.1. The Morgan fingerprint density at radius 2 is 2.12 bits per heavy atom. The summed E-state index contributed by atoms with van der Waals surface area (Å²) < 4.78 is 0. The Morgan fingerprint density at radius 3 is 2.81 bits per heavy atom. The molecule has 2 aromatic rings. The van der Waals surface area contributed by atoms with E-state index in [1.54, 1.807) is 18.5 Å². The molecule has 0 spiro atoms. The van der Waals surface area contributed by atoms with Crippen LogP contribution in [0.2, 0.25) is 0 Å². The van der Waals surface area contributed by atoms with Gasteiger partial charge in [0.2, 0.25) is 0 Å². The Morgan fingerprint density at radius 1 is 1.31 bits per heavy atom. The fourth-order valence-electron chi connectivity index (χ4n) is 1.61.